The molecule has 3 rings (SSSR count). The van der Waals surface area contributed by atoms with Crippen LogP contribution in [0, 0.1) is 0 Å². The third-order valence-electron chi connectivity index (χ3n) is 4.04. The van der Waals surface area contributed by atoms with E-state index < -0.39 is 17.8 Å². The maximum Gasteiger partial charge on any atom is 0.417 e. The van der Waals surface area contributed by atoms with Gasteiger partial charge in [0, 0.05) is 25.4 Å². The van der Waals surface area contributed by atoms with Gasteiger partial charge in [-0.15, -0.1) is 0 Å². The van der Waals surface area contributed by atoms with E-state index in [1.54, 1.807) is 29.0 Å². The monoisotopic (exact) mass is 366 g/mol. The van der Waals surface area contributed by atoms with Gasteiger partial charge in [-0.2, -0.15) is 18.3 Å². The number of rotatable bonds is 4. The molecular weight excluding hydrogens is 349 g/mol. The first-order valence-corrected chi connectivity index (χ1v) is 8.01. The Labute approximate surface area is 147 Å². The van der Waals surface area contributed by atoms with Gasteiger partial charge in [-0.1, -0.05) is 23.4 Å². The van der Waals surface area contributed by atoms with E-state index in [9.17, 15) is 18.0 Å². The number of aryl methyl sites for hydroxylation is 1. The number of alkyl halides is 3. The number of carbonyl (C=O) groups excluding carboxylic acids is 1. The van der Waals surface area contributed by atoms with Crippen molar-refractivity contribution in [2.45, 2.75) is 25.1 Å². The van der Waals surface area contributed by atoms with E-state index >= 15 is 0 Å². The van der Waals surface area contributed by atoms with Crippen LogP contribution >= 0.6 is 0 Å². The van der Waals surface area contributed by atoms with Crippen molar-refractivity contribution in [3.8, 4) is 0 Å². The molecule has 9 heteroatoms. The summed E-state index contributed by atoms with van der Waals surface area (Å²) >= 11 is 0. The van der Waals surface area contributed by atoms with Crippen LogP contribution in [0.2, 0.25) is 0 Å². The Morgan fingerprint density at radius 3 is 2.81 bits per heavy atom. The van der Waals surface area contributed by atoms with E-state index in [1.165, 1.54) is 18.2 Å². The number of benzene rings is 1. The molecule has 2 heterocycles. The molecule has 1 fully saturated rings. The minimum absolute atomic E-state index is 0.118. The van der Waals surface area contributed by atoms with Crippen molar-refractivity contribution in [1.29, 1.82) is 0 Å². The van der Waals surface area contributed by atoms with Crippen LogP contribution in [0.1, 0.15) is 24.0 Å². The number of hydrogen-bond acceptors (Lipinski definition) is 4. The first-order valence-electron chi connectivity index (χ1n) is 8.01. The first-order chi connectivity index (χ1) is 12.4. The smallest absolute Gasteiger partial charge is 0.382 e. The van der Waals surface area contributed by atoms with Crippen molar-refractivity contribution >= 4 is 17.8 Å². The van der Waals surface area contributed by atoms with Gasteiger partial charge in [0.2, 0.25) is 6.10 Å². The standard InChI is InChI=1S/C17H17F3N4O2/c1-23-11-13(10-21-23)24-8-4-7-15(16(24)25)26-22-9-12-5-2-3-6-14(12)17(18,19)20/h2-3,5-6,9-11,15H,4,7-8H2,1H3/b22-9+. The lowest BCUT2D eigenvalue weighted by molar-refractivity contribution is -0.137. The maximum absolute atomic E-state index is 13.0. The normalized spacial score (nSPS) is 18.5. The summed E-state index contributed by atoms with van der Waals surface area (Å²) in [6.07, 6.45) is 0.0952. The number of carbonyl (C=O) groups is 1. The SMILES string of the molecule is Cn1cc(N2CCCC(O/N=C/c3ccccc3C(F)(F)F)C2=O)cn1. The zero-order valence-electron chi connectivity index (χ0n) is 14.0. The topological polar surface area (TPSA) is 59.7 Å². The molecule has 1 unspecified atom stereocenters. The maximum atomic E-state index is 13.0. The van der Waals surface area contributed by atoms with Crippen molar-refractivity contribution in [1.82, 2.24) is 9.78 Å². The van der Waals surface area contributed by atoms with Gasteiger partial charge in [0.25, 0.3) is 5.91 Å². The molecule has 26 heavy (non-hydrogen) atoms. The summed E-state index contributed by atoms with van der Waals surface area (Å²) in [5, 5.41) is 7.66. The average molecular weight is 366 g/mol. The molecule has 1 aromatic heterocycles. The summed E-state index contributed by atoms with van der Waals surface area (Å²) in [7, 11) is 1.74. The molecule has 1 saturated heterocycles. The highest BCUT2D eigenvalue weighted by Gasteiger charge is 2.33. The van der Waals surface area contributed by atoms with E-state index in [0.29, 0.717) is 25.1 Å². The van der Waals surface area contributed by atoms with Crippen LogP contribution in [0.25, 0.3) is 0 Å². The number of nitrogens with zero attached hydrogens (tertiary/aromatic N) is 4. The van der Waals surface area contributed by atoms with Crippen LogP contribution < -0.4 is 4.90 Å². The lowest BCUT2D eigenvalue weighted by Gasteiger charge is -2.29. The molecule has 2 aromatic rings. The third-order valence-corrected chi connectivity index (χ3v) is 4.04. The number of aromatic nitrogens is 2. The highest BCUT2D eigenvalue weighted by Crippen LogP contribution is 2.31. The summed E-state index contributed by atoms with van der Waals surface area (Å²) < 4.78 is 40.5. The van der Waals surface area contributed by atoms with E-state index in [0.717, 1.165) is 12.3 Å². The van der Waals surface area contributed by atoms with Crippen molar-refractivity contribution in [3.05, 3.63) is 47.8 Å². The van der Waals surface area contributed by atoms with Gasteiger partial charge in [0.15, 0.2) is 0 Å². The lowest BCUT2D eigenvalue weighted by atomic mass is 10.1. The van der Waals surface area contributed by atoms with Crippen molar-refractivity contribution in [2.24, 2.45) is 12.2 Å². The van der Waals surface area contributed by atoms with E-state index in [2.05, 4.69) is 10.3 Å². The predicted octanol–water partition coefficient (Wildman–Crippen LogP) is 2.99. The fourth-order valence-electron chi connectivity index (χ4n) is 2.77. The van der Waals surface area contributed by atoms with Gasteiger partial charge in [0.1, 0.15) is 0 Å². The molecule has 0 aliphatic carbocycles. The van der Waals surface area contributed by atoms with Crippen LogP contribution in [0.3, 0.4) is 0 Å². The van der Waals surface area contributed by atoms with Crippen LogP contribution in [0.4, 0.5) is 18.9 Å². The Morgan fingerprint density at radius 2 is 2.12 bits per heavy atom. The summed E-state index contributed by atoms with van der Waals surface area (Å²) in [5.41, 5.74) is -0.274. The van der Waals surface area contributed by atoms with Gasteiger partial charge in [-0.05, 0) is 18.9 Å². The van der Waals surface area contributed by atoms with Gasteiger partial charge in [-0.3, -0.25) is 9.48 Å². The van der Waals surface area contributed by atoms with Crippen molar-refractivity contribution < 1.29 is 22.8 Å². The largest absolute Gasteiger partial charge is 0.417 e. The molecule has 0 radical (unpaired) electrons. The van der Waals surface area contributed by atoms with Crippen LogP contribution in [0.5, 0.6) is 0 Å². The van der Waals surface area contributed by atoms with Gasteiger partial charge >= 0.3 is 6.18 Å². The molecule has 0 bridgehead atoms. The molecule has 138 valence electrons. The Morgan fingerprint density at radius 1 is 1.35 bits per heavy atom. The van der Waals surface area contributed by atoms with Crippen LogP contribution in [0.15, 0.2) is 41.8 Å². The van der Waals surface area contributed by atoms with E-state index in [4.69, 9.17) is 4.84 Å². The number of oxime groups is 1. The number of halogens is 3. The second kappa shape index (κ2) is 7.19. The Hall–Kier alpha value is -2.84. The number of amides is 1. The molecule has 1 atom stereocenters. The molecule has 0 spiro atoms. The first kappa shape index (κ1) is 18.0. The average Bonchev–Trinajstić information content (AvgIpc) is 3.02. The molecule has 0 saturated carbocycles. The Bertz CT molecular complexity index is 816. The molecular formula is C17H17F3N4O2. The predicted molar refractivity (Wildman–Crippen MR) is 88.7 cm³/mol. The molecule has 1 amide bonds. The minimum Gasteiger partial charge on any atom is -0.382 e. The fraction of sp³-hybridized carbons (Fsp3) is 0.353. The molecule has 1 aliphatic heterocycles. The number of piperidine rings is 1. The highest BCUT2D eigenvalue weighted by atomic mass is 19.4. The Balaban J connectivity index is 1.70. The number of hydrogen-bond donors (Lipinski definition) is 0. The zero-order valence-corrected chi connectivity index (χ0v) is 14.0. The molecule has 1 aromatic carbocycles. The van der Waals surface area contributed by atoms with Crippen LogP contribution in [-0.4, -0.2) is 34.6 Å². The summed E-state index contributed by atoms with van der Waals surface area (Å²) in [4.78, 5) is 19.3. The van der Waals surface area contributed by atoms with Crippen molar-refractivity contribution in [2.75, 3.05) is 11.4 Å². The molecule has 1 aliphatic rings. The van der Waals surface area contributed by atoms with Crippen molar-refractivity contribution in [3.63, 3.8) is 0 Å². The quantitative estimate of drug-likeness (QED) is 0.617. The summed E-state index contributed by atoms with van der Waals surface area (Å²) in [5.74, 6) is -0.287. The summed E-state index contributed by atoms with van der Waals surface area (Å²) in [6, 6.07) is 5.04. The van der Waals surface area contributed by atoms with Gasteiger partial charge in [0.05, 0.1) is 23.7 Å². The second-order valence-corrected chi connectivity index (χ2v) is 5.92. The summed E-state index contributed by atoms with van der Waals surface area (Å²) in [6.45, 7) is 0.533. The van der Waals surface area contributed by atoms with Gasteiger partial charge in [-0.25, -0.2) is 0 Å². The van der Waals surface area contributed by atoms with Crippen LogP contribution in [-0.2, 0) is 22.9 Å². The third kappa shape index (κ3) is 3.87. The molecule has 0 N–H and O–H groups in total. The number of anilines is 1. The van der Waals surface area contributed by atoms with E-state index in [1.807, 2.05) is 0 Å². The lowest BCUT2D eigenvalue weighted by Crippen LogP contribution is -2.44. The highest BCUT2D eigenvalue weighted by molar-refractivity contribution is 5.97. The molecule has 6 nitrogen and oxygen atoms in total. The zero-order chi connectivity index (χ0) is 18.7. The minimum atomic E-state index is -4.49. The van der Waals surface area contributed by atoms with E-state index in [-0.39, 0.29) is 11.5 Å². The Kier molecular flexibility index (Phi) is 4.97. The second-order valence-electron chi connectivity index (χ2n) is 5.92. The fourth-order valence-corrected chi connectivity index (χ4v) is 2.77. The van der Waals surface area contributed by atoms with Gasteiger partial charge < -0.3 is 9.74 Å².